The number of hydrogen-bond acceptors (Lipinski definition) is 2. The predicted octanol–water partition coefficient (Wildman–Crippen LogP) is 1.59. The van der Waals surface area contributed by atoms with Crippen molar-refractivity contribution < 1.29 is 22.7 Å². The molecule has 0 rings (SSSR count). The second-order valence-corrected chi connectivity index (χ2v) is 3.40. The number of carbonyl (C=O) groups is 2. The molecule has 0 unspecified atom stereocenters. The van der Waals surface area contributed by atoms with Crippen LogP contribution in [0.15, 0.2) is 0 Å². The van der Waals surface area contributed by atoms with E-state index in [1.54, 1.807) is 0 Å². The van der Waals surface area contributed by atoms with Crippen LogP contribution in [-0.4, -0.2) is 59.9 Å². The zero-order valence-electron chi connectivity index (χ0n) is 10.7. The van der Waals surface area contributed by atoms with Gasteiger partial charge in [0.2, 0.25) is 0 Å². The molecule has 0 saturated heterocycles. The Labute approximate surface area is 117 Å². The van der Waals surface area contributed by atoms with Gasteiger partial charge in [-0.15, -0.1) is 0 Å². The zero-order valence-corrected chi connectivity index (χ0v) is 11.0. The summed E-state index contributed by atoms with van der Waals surface area (Å²) < 4.78 is 0. The van der Waals surface area contributed by atoms with Gasteiger partial charge in [0.05, 0.1) is 0 Å². The van der Waals surface area contributed by atoms with Gasteiger partial charge in [0.15, 0.2) is 5.41 Å². The number of carboxylic acids is 2. The molecule has 4 nitrogen and oxygen atoms in total. The standard InChI is InChI=1S/C9H16O4.Ca.2H/c1-3-4-5-6-9(2,7(10)11)8(12)13;;;/h3-6H2,1-2H3,(H,10,11)(H,12,13);;;/q;+2;2*-1. The molecule has 0 bridgehead atoms. The van der Waals surface area contributed by atoms with Gasteiger partial charge >= 0.3 is 49.7 Å². The first-order chi connectivity index (χ1) is 5.95. The van der Waals surface area contributed by atoms with E-state index in [-0.39, 0.29) is 47.0 Å². The van der Waals surface area contributed by atoms with E-state index in [0.717, 1.165) is 12.8 Å². The number of aliphatic carboxylic acids is 2. The molecular formula is C9H18CaO4. The summed E-state index contributed by atoms with van der Waals surface area (Å²) in [6.45, 7) is 3.24. The van der Waals surface area contributed by atoms with E-state index in [0.29, 0.717) is 6.42 Å². The zero-order chi connectivity index (χ0) is 10.5. The maximum absolute atomic E-state index is 10.7. The Kier molecular flexibility index (Phi) is 8.89. The summed E-state index contributed by atoms with van der Waals surface area (Å²) in [6.07, 6.45) is 2.67. The van der Waals surface area contributed by atoms with Gasteiger partial charge in [0.25, 0.3) is 0 Å². The van der Waals surface area contributed by atoms with E-state index in [2.05, 4.69) is 0 Å². The van der Waals surface area contributed by atoms with Crippen LogP contribution in [0.5, 0.6) is 0 Å². The van der Waals surface area contributed by atoms with Crippen molar-refractivity contribution in [3.8, 4) is 0 Å². The minimum atomic E-state index is -1.62. The summed E-state index contributed by atoms with van der Waals surface area (Å²) in [5.74, 6) is -2.51. The number of hydrogen-bond donors (Lipinski definition) is 2. The van der Waals surface area contributed by atoms with Crippen molar-refractivity contribution in [2.24, 2.45) is 5.41 Å². The van der Waals surface area contributed by atoms with E-state index < -0.39 is 17.4 Å². The van der Waals surface area contributed by atoms with E-state index in [1.165, 1.54) is 6.92 Å². The summed E-state index contributed by atoms with van der Waals surface area (Å²) in [5, 5.41) is 17.4. The molecule has 0 aromatic heterocycles. The molecule has 0 aliphatic carbocycles. The Morgan fingerprint density at radius 2 is 1.64 bits per heavy atom. The molecule has 0 atom stereocenters. The number of rotatable bonds is 6. The molecule has 80 valence electrons. The smallest absolute Gasteiger partial charge is 1.00 e. The van der Waals surface area contributed by atoms with Crippen LogP contribution < -0.4 is 0 Å². The normalized spacial score (nSPS) is 10.4. The molecule has 0 saturated carbocycles. The van der Waals surface area contributed by atoms with Crippen molar-refractivity contribution in [1.82, 2.24) is 0 Å². The van der Waals surface area contributed by atoms with Gasteiger partial charge in [0, 0.05) is 0 Å². The van der Waals surface area contributed by atoms with Crippen LogP contribution in [-0.2, 0) is 9.59 Å². The third kappa shape index (κ3) is 4.62. The molecule has 0 radical (unpaired) electrons. The topological polar surface area (TPSA) is 74.6 Å². The van der Waals surface area contributed by atoms with Gasteiger partial charge in [-0.1, -0.05) is 26.2 Å². The Morgan fingerprint density at radius 3 is 1.93 bits per heavy atom. The third-order valence-corrected chi connectivity index (χ3v) is 2.22. The van der Waals surface area contributed by atoms with Crippen molar-refractivity contribution >= 4 is 49.7 Å². The Hall–Kier alpha value is 0.200. The second-order valence-electron chi connectivity index (χ2n) is 3.40. The quantitative estimate of drug-likeness (QED) is 0.413. The van der Waals surface area contributed by atoms with E-state index in [9.17, 15) is 9.59 Å². The molecule has 0 aliphatic rings. The average molecular weight is 230 g/mol. The molecule has 2 N–H and O–H groups in total. The monoisotopic (exact) mass is 230 g/mol. The predicted molar refractivity (Wildman–Crippen MR) is 55.5 cm³/mol. The summed E-state index contributed by atoms with van der Waals surface area (Å²) in [6, 6.07) is 0. The van der Waals surface area contributed by atoms with Gasteiger partial charge in [-0.25, -0.2) is 0 Å². The largest absolute Gasteiger partial charge is 2.00 e. The van der Waals surface area contributed by atoms with E-state index in [4.69, 9.17) is 10.2 Å². The third-order valence-electron chi connectivity index (χ3n) is 2.22. The fraction of sp³-hybridized carbons (Fsp3) is 0.778. The minimum Gasteiger partial charge on any atom is -1.00 e. The molecule has 0 amide bonds. The van der Waals surface area contributed by atoms with E-state index >= 15 is 0 Å². The second kappa shape index (κ2) is 7.49. The maximum Gasteiger partial charge on any atom is 2.00 e. The van der Waals surface area contributed by atoms with Crippen molar-refractivity contribution in [2.45, 2.75) is 39.5 Å². The van der Waals surface area contributed by atoms with Crippen LogP contribution in [0, 0.1) is 5.41 Å². The molecule has 14 heavy (non-hydrogen) atoms. The van der Waals surface area contributed by atoms with Crippen molar-refractivity contribution in [3.63, 3.8) is 0 Å². The SMILES string of the molecule is CCCCCC(C)(C(=O)O)C(=O)O.[Ca+2].[H-].[H-]. The van der Waals surface area contributed by atoms with Crippen molar-refractivity contribution in [1.29, 1.82) is 0 Å². The molecule has 0 fully saturated rings. The Balaban J connectivity index is -0.000000240. The molecule has 0 aromatic carbocycles. The molecule has 0 spiro atoms. The van der Waals surface area contributed by atoms with Crippen LogP contribution in [0.4, 0.5) is 0 Å². The van der Waals surface area contributed by atoms with Gasteiger partial charge in [-0.2, -0.15) is 0 Å². The van der Waals surface area contributed by atoms with E-state index in [1.807, 2.05) is 6.92 Å². The van der Waals surface area contributed by atoms with Gasteiger partial charge in [-0.05, 0) is 13.3 Å². The number of carboxylic acid groups (broad SMARTS) is 2. The fourth-order valence-corrected chi connectivity index (χ4v) is 1.03. The van der Waals surface area contributed by atoms with Gasteiger partial charge < -0.3 is 13.1 Å². The van der Waals surface area contributed by atoms with Crippen LogP contribution in [0.25, 0.3) is 0 Å². The first-order valence-electron chi connectivity index (χ1n) is 4.42. The van der Waals surface area contributed by atoms with Crippen LogP contribution in [0.2, 0.25) is 0 Å². The summed E-state index contributed by atoms with van der Waals surface area (Å²) in [7, 11) is 0. The van der Waals surface area contributed by atoms with Crippen LogP contribution >= 0.6 is 0 Å². The minimum absolute atomic E-state index is 0. The molecule has 0 aliphatic heterocycles. The first-order valence-corrected chi connectivity index (χ1v) is 4.42. The summed E-state index contributed by atoms with van der Waals surface area (Å²) in [4.78, 5) is 21.4. The van der Waals surface area contributed by atoms with Crippen LogP contribution in [0.3, 0.4) is 0 Å². The summed E-state index contributed by atoms with van der Waals surface area (Å²) in [5.41, 5.74) is -1.62. The molecule has 0 heterocycles. The Morgan fingerprint density at radius 1 is 1.21 bits per heavy atom. The molecule has 0 aromatic rings. The first kappa shape index (κ1) is 16.6. The van der Waals surface area contributed by atoms with Crippen LogP contribution in [0.1, 0.15) is 42.4 Å². The molecule has 5 heteroatoms. The van der Waals surface area contributed by atoms with Crippen molar-refractivity contribution in [2.75, 3.05) is 0 Å². The summed E-state index contributed by atoms with van der Waals surface area (Å²) >= 11 is 0. The average Bonchev–Trinajstić information content (AvgIpc) is 2.03. The fourth-order valence-electron chi connectivity index (χ4n) is 1.03. The van der Waals surface area contributed by atoms with Crippen molar-refractivity contribution in [3.05, 3.63) is 0 Å². The Bertz CT molecular complexity index is 198. The molecular weight excluding hydrogens is 212 g/mol. The van der Waals surface area contributed by atoms with Gasteiger partial charge in [-0.3, -0.25) is 9.59 Å². The number of unbranched alkanes of at least 4 members (excludes halogenated alkanes) is 2. The maximum atomic E-state index is 10.7. The van der Waals surface area contributed by atoms with Gasteiger partial charge in [0.1, 0.15) is 0 Å².